The van der Waals surface area contributed by atoms with Crippen LogP contribution < -0.4 is 15.5 Å². The van der Waals surface area contributed by atoms with Crippen molar-refractivity contribution in [3.05, 3.63) is 30.3 Å². The first-order valence-electron chi connectivity index (χ1n) is 7.99. The van der Waals surface area contributed by atoms with Crippen LogP contribution in [0.5, 0.6) is 0 Å². The number of nitrogens with zero attached hydrogens (tertiary/aromatic N) is 1. The first kappa shape index (κ1) is 22.0. The van der Waals surface area contributed by atoms with Crippen LogP contribution in [0.3, 0.4) is 0 Å². The molecular weight excluding hydrogens is 333 g/mol. The van der Waals surface area contributed by atoms with E-state index in [9.17, 15) is 4.79 Å². The number of carbonyl (C=O) groups is 1. The summed E-state index contributed by atoms with van der Waals surface area (Å²) >= 11 is 0. The van der Waals surface area contributed by atoms with E-state index in [-0.39, 0.29) is 30.7 Å². The molecule has 0 heterocycles. The van der Waals surface area contributed by atoms with Gasteiger partial charge in [-0.15, -0.1) is 24.8 Å². The highest BCUT2D eigenvalue weighted by Crippen LogP contribution is 2.27. The van der Waals surface area contributed by atoms with Crippen LogP contribution in [0.15, 0.2) is 30.3 Å². The van der Waals surface area contributed by atoms with Crippen molar-refractivity contribution >= 4 is 36.4 Å². The molecule has 4 nitrogen and oxygen atoms in total. The molecule has 1 aliphatic carbocycles. The molecule has 0 bridgehead atoms. The first-order chi connectivity index (χ1) is 10.3. The van der Waals surface area contributed by atoms with E-state index in [4.69, 9.17) is 0 Å². The number of benzene rings is 1. The largest absolute Gasteiger partial charge is 0.375 e. The third-order valence-electron chi connectivity index (χ3n) is 3.85. The monoisotopic (exact) mass is 361 g/mol. The van der Waals surface area contributed by atoms with Crippen LogP contribution in [0.4, 0.5) is 5.69 Å². The lowest BCUT2D eigenvalue weighted by atomic mass is 10.2. The van der Waals surface area contributed by atoms with Crippen molar-refractivity contribution in [3.63, 3.8) is 0 Å². The first-order valence-corrected chi connectivity index (χ1v) is 7.99. The van der Waals surface area contributed by atoms with Gasteiger partial charge in [0, 0.05) is 25.8 Å². The highest BCUT2D eigenvalue weighted by molar-refractivity contribution is 5.85. The molecule has 6 heteroatoms. The van der Waals surface area contributed by atoms with E-state index < -0.39 is 0 Å². The summed E-state index contributed by atoms with van der Waals surface area (Å²) in [5.74, 6) is 0.943. The lowest BCUT2D eigenvalue weighted by Crippen LogP contribution is -2.35. The maximum Gasteiger partial charge on any atom is 0.233 e. The molecule has 0 radical (unpaired) electrons. The van der Waals surface area contributed by atoms with Gasteiger partial charge in [-0.2, -0.15) is 0 Å². The summed E-state index contributed by atoms with van der Waals surface area (Å²) in [6.07, 6.45) is 4.75. The molecule has 0 aliphatic heterocycles. The lowest BCUT2D eigenvalue weighted by Gasteiger charge is -2.19. The van der Waals surface area contributed by atoms with Crippen molar-refractivity contribution in [1.82, 2.24) is 10.6 Å². The number of amides is 1. The molecule has 1 saturated carbocycles. The van der Waals surface area contributed by atoms with Crippen molar-refractivity contribution < 1.29 is 4.79 Å². The molecule has 0 spiro atoms. The third kappa shape index (κ3) is 9.69. The number of unbranched alkanes of at least 4 members (excludes halogenated alkanes) is 1. The van der Waals surface area contributed by atoms with Gasteiger partial charge in [0.15, 0.2) is 0 Å². The molecular formula is C17H29Cl2N3O. The van der Waals surface area contributed by atoms with Gasteiger partial charge in [-0.25, -0.2) is 0 Å². The number of anilines is 1. The standard InChI is InChI=1S/C17H27N3O.2ClH/c1-20(16-7-3-2-4-8-16)12-6-5-11-19-17(21)14-18-13-15-9-10-15;;/h2-4,7-8,15,18H,5-6,9-14H2,1H3,(H,19,21);2*1H. The van der Waals surface area contributed by atoms with Crippen LogP contribution in [0.1, 0.15) is 25.7 Å². The second kappa shape index (κ2) is 12.5. The maximum absolute atomic E-state index is 11.6. The molecule has 1 amide bonds. The molecule has 23 heavy (non-hydrogen) atoms. The Bertz CT molecular complexity index is 427. The zero-order valence-corrected chi connectivity index (χ0v) is 15.4. The topological polar surface area (TPSA) is 44.4 Å². The number of rotatable bonds is 10. The second-order valence-corrected chi connectivity index (χ2v) is 5.89. The van der Waals surface area contributed by atoms with Crippen molar-refractivity contribution in [1.29, 1.82) is 0 Å². The molecule has 0 aromatic heterocycles. The predicted molar refractivity (Wildman–Crippen MR) is 102 cm³/mol. The predicted octanol–water partition coefficient (Wildman–Crippen LogP) is 2.86. The number of para-hydroxylation sites is 1. The van der Waals surface area contributed by atoms with Gasteiger partial charge in [-0.05, 0) is 50.3 Å². The summed E-state index contributed by atoms with van der Waals surface area (Å²) in [4.78, 5) is 13.8. The van der Waals surface area contributed by atoms with Gasteiger partial charge < -0.3 is 15.5 Å². The quantitative estimate of drug-likeness (QED) is 0.629. The van der Waals surface area contributed by atoms with Crippen LogP contribution in [0, 0.1) is 5.92 Å². The van der Waals surface area contributed by atoms with Crippen molar-refractivity contribution in [2.45, 2.75) is 25.7 Å². The molecule has 2 rings (SSSR count). The summed E-state index contributed by atoms with van der Waals surface area (Å²) in [7, 11) is 2.11. The Labute approximate surface area is 152 Å². The Morgan fingerprint density at radius 2 is 1.87 bits per heavy atom. The van der Waals surface area contributed by atoms with Crippen LogP contribution in [0.2, 0.25) is 0 Å². The Morgan fingerprint density at radius 1 is 1.17 bits per heavy atom. The van der Waals surface area contributed by atoms with Crippen molar-refractivity contribution in [2.75, 3.05) is 38.1 Å². The van der Waals surface area contributed by atoms with Gasteiger partial charge in [0.2, 0.25) is 5.91 Å². The normalized spacial score (nSPS) is 12.7. The van der Waals surface area contributed by atoms with Crippen LogP contribution in [-0.4, -0.2) is 39.1 Å². The Hall–Kier alpha value is -0.970. The van der Waals surface area contributed by atoms with Crippen molar-refractivity contribution in [2.24, 2.45) is 5.92 Å². The number of hydrogen-bond acceptors (Lipinski definition) is 3. The van der Waals surface area contributed by atoms with Crippen LogP contribution in [-0.2, 0) is 4.79 Å². The van der Waals surface area contributed by atoms with E-state index in [1.165, 1.54) is 18.5 Å². The van der Waals surface area contributed by atoms with Crippen LogP contribution >= 0.6 is 24.8 Å². The molecule has 1 aromatic carbocycles. The third-order valence-corrected chi connectivity index (χ3v) is 3.85. The van der Waals surface area contributed by atoms with E-state index in [1.807, 2.05) is 6.07 Å². The molecule has 1 fully saturated rings. The summed E-state index contributed by atoms with van der Waals surface area (Å²) in [6, 6.07) is 10.4. The van der Waals surface area contributed by atoms with Gasteiger partial charge in [0.25, 0.3) is 0 Å². The molecule has 1 aliphatic rings. The fraction of sp³-hybridized carbons (Fsp3) is 0.588. The second-order valence-electron chi connectivity index (χ2n) is 5.89. The molecule has 1 aromatic rings. The molecule has 0 atom stereocenters. The minimum atomic E-state index is 0. The Kier molecular flexibility index (Phi) is 11.9. The van der Waals surface area contributed by atoms with E-state index >= 15 is 0 Å². The average Bonchev–Trinajstić information content (AvgIpc) is 3.32. The molecule has 0 saturated heterocycles. The van der Waals surface area contributed by atoms with Crippen LogP contribution in [0.25, 0.3) is 0 Å². The van der Waals surface area contributed by atoms with E-state index in [2.05, 4.69) is 46.8 Å². The fourth-order valence-electron chi connectivity index (χ4n) is 2.29. The zero-order chi connectivity index (χ0) is 14.9. The van der Waals surface area contributed by atoms with Gasteiger partial charge >= 0.3 is 0 Å². The number of halogens is 2. The Morgan fingerprint density at radius 3 is 2.52 bits per heavy atom. The molecule has 132 valence electrons. The minimum Gasteiger partial charge on any atom is -0.375 e. The fourth-order valence-corrected chi connectivity index (χ4v) is 2.29. The van der Waals surface area contributed by atoms with Gasteiger partial charge in [0.1, 0.15) is 0 Å². The Balaban J connectivity index is 0.00000242. The summed E-state index contributed by atoms with van der Waals surface area (Å²) in [5, 5.41) is 6.18. The highest BCUT2D eigenvalue weighted by Gasteiger charge is 2.20. The zero-order valence-electron chi connectivity index (χ0n) is 13.8. The summed E-state index contributed by atoms with van der Waals surface area (Å²) < 4.78 is 0. The van der Waals surface area contributed by atoms with Gasteiger partial charge in [-0.3, -0.25) is 4.79 Å². The van der Waals surface area contributed by atoms with E-state index in [1.54, 1.807) is 0 Å². The lowest BCUT2D eigenvalue weighted by molar-refractivity contribution is -0.120. The maximum atomic E-state index is 11.6. The molecule has 2 N–H and O–H groups in total. The summed E-state index contributed by atoms with van der Waals surface area (Å²) in [5.41, 5.74) is 1.24. The number of nitrogens with one attached hydrogen (secondary N) is 2. The SMILES string of the molecule is CN(CCCCNC(=O)CNCC1CC1)c1ccccc1.Cl.Cl. The van der Waals surface area contributed by atoms with E-state index in [0.29, 0.717) is 6.54 Å². The van der Waals surface area contributed by atoms with Gasteiger partial charge in [-0.1, -0.05) is 18.2 Å². The van der Waals surface area contributed by atoms with Crippen molar-refractivity contribution in [3.8, 4) is 0 Å². The van der Waals surface area contributed by atoms with E-state index in [0.717, 1.165) is 38.4 Å². The number of carbonyl (C=O) groups excluding carboxylic acids is 1. The summed E-state index contributed by atoms with van der Waals surface area (Å²) in [6.45, 7) is 3.24. The molecule has 0 unspecified atom stereocenters. The smallest absolute Gasteiger partial charge is 0.233 e. The minimum absolute atomic E-state index is 0. The number of hydrogen-bond donors (Lipinski definition) is 2. The van der Waals surface area contributed by atoms with Gasteiger partial charge in [0.05, 0.1) is 6.54 Å². The highest BCUT2D eigenvalue weighted by atomic mass is 35.5. The average molecular weight is 362 g/mol.